The molecule has 1 aliphatic carbocycles. The molecule has 0 aromatic rings. The highest BCUT2D eigenvalue weighted by Crippen LogP contribution is 2.41. The van der Waals surface area contributed by atoms with Crippen molar-refractivity contribution in [1.29, 1.82) is 5.26 Å². The number of nitriles is 1. The van der Waals surface area contributed by atoms with Crippen LogP contribution in [-0.2, 0) is 43.0 Å². The number of methoxy groups -OCH3 is 1. The predicted octanol–water partition coefficient (Wildman–Crippen LogP) is -0.866. The Bertz CT molecular complexity index is 1600. The largest absolute Gasteiger partial charge is 0.498 e. The Labute approximate surface area is 282 Å². The summed E-state index contributed by atoms with van der Waals surface area (Å²) >= 11 is 2.61. The van der Waals surface area contributed by atoms with Gasteiger partial charge in [-0.05, 0) is 18.4 Å². The monoisotopic (exact) mass is 704 g/mol. The molecule has 2 saturated heterocycles. The van der Waals surface area contributed by atoms with Gasteiger partial charge in [0, 0.05) is 18.2 Å². The first-order valence-corrected chi connectivity index (χ1v) is 16.5. The minimum atomic E-state index is -1.30. The molecule has 0 aromatic heterocycles. The summed E-state index contributed by atoms with van der Waals surface area (Å²) in [4.78, 5) is 84.3. The molecule has 5 aliphatic rings. The highest BCUT2D eigenvalue weighted by Gasteiger charge is 2.55. The van der Waals surface area contributed by atoms with Crippen molar-refractivity contribution in [3.05, 3.63) is 46.5 Å². The second kappa shape index (κ2) is 15.4. The molecule has 4 amide bonds. The molecular formula is C29H32N6O11S2. The van der Waals surface area contributed by atoms with Crippen LogP contribution >= 0.6 is 23.5 Å². The molecule has 2 fully saturated rings. The number of rotatable bonds is 10. The fourth-order valence-corrected chi connectivity index (χ4v) is 7.95. The summed E-state index contributed by atoms with van der Waals surface area (Å²) in [6.45, 7) is 1.00. The number of esters is 1. The third kappa shape index (κ3) is 7.35. The van der Waals surface area contributed by atoms with E-state index in [4.69, 9.17) is 20.5 Å². The molecule has 6 N–H and O–H groups in total. The number of nitrogens with zero attached hydrogens (tertiary/aromatic N) is 3. The van der Waals surface area contributed by atoms with E-state index in [-0.39, 0.29) is 35.9 Å². The first kappa shape index (κ1) is 36.0. The van der Waals surface area contributed by atoms with Crippen LogP contribution in [0.5, 0.6) is 0 Å². The standard InChI is InChI=1S/C16H19N3O5S.C13H13N3O6S/c1-24-9-7-25-15-11(14(21)19(15)12(9)16(22)23)18-13(20)10(17)8-5-3-2-4-6-8;1-6(17)22-4-7-5-23-12-9(15-8(18)2-3-14)11(19)16(12)10(7)13(20)21/h2-3,6,10-11,15H,4-5,7,17H2,1H3,(H,18,20)(H,22,23);9,12H,2,4-5H2,1H3,(H,15,18)(H,20,21)/t10-,11-,15-;9-,12-/m11/s1. The lowest BCUT2D eigenvalue weighted by Gasteiger charge is -2.49. The lowest BCUT2D eigenvalue weighted by molar-refractivity contribution is -0.151. The van der Waals surface area contributed by atoms with Gasteiger partial charge in [0.25, 0.3) is 11.8 Å². The minimum Gasteiger partial charge on any atom is -0.498 e. The van der Waals surface area contributed by atoms with Crippen LogP contribution in [0.1, 0.15) is 26.2 Å². The number of fused-ring (bicyclic) bond motifs is 2. The third-order valence-corrected chi connectivity index (χ3v) is 10.2. The van der Waals surface area contributed by atoms with Crippen LogP contribution in [0.3, 0.4) is 0 Å². The summed E-state index contributed by atoms with van der Waals surface area (Å²) in [7, 11) is 1.37. The van der Waals surface area contributed by atoms with Crippen LogP contribution < -0.4 is 16.4 Å². The van der Waals surface area contributed by atoms with E-state index in [9.17, 15) is 43.8 Å². The number of allylic oxidation sites excluding steroid dienone is 3. The predicted molar refractivity (Wildman–Crippen MR) is 168 cm³/mol. The molecule has 0 unspecified atom stereocenters. The van der Waals surface area contributed by atoms with Crippen molar-refractivity contribution in [2.45, 2.75) is 55.1 Å². The van der Waals surface area contributed by atoms with Gasteiger partial charge in [0.2, 0.25) is 11.8 Å². The van der Waals surface area contributed by atoms with Gasteiger partial charge < -0.3 is 36.1 Å². The number of carbonyl (C=O) groups excluding carboxylic acids is 5. The van der Waals surface area contributed by atoms with Gasteiger partial charge in [-0.25, -0.2) is 9.59 Å². The molecule has 4 aliphatic heterocycles. The molecule has 17 nitrogen and oxygen atoms in total. The second-order valence-corrected chi connectivity index (χ2v) is 12.9. The van der Waals surface area contributed by atoms with Crippen molar-refractivity contribution in [2.75, 3.05) is 25.2 Å². The number of aliphatic carboxylic acids is 2. The number of carboxylic acid groups (broad SMARTS) is 2. The maximum atomic E-state index is 12.4. The number of carbonyl (C=O) groups is 7. The fourth-order valence-electron chi connectivity index (χ4n) is 5.31. The maximum Gasteiger partial charge on any atom is 0.356 e. The van der Waals surface area contributed by atoms with E-state index in [1.165, 1.54) is 37.6 Å². The van der Waals surface area contributed by atoms with Crippen molar-refractivity contribution in [2.24, 2.45) is 5.73 Å². The van der Waals surface area contributed by atoms with Crippen molar-refractivity contribution < 1.29 is 53.2 Å². The van der Waals surface area contributed by atoms with E-state index in [1.54, 1.807) is 6.07 Å². The Hall–Kier alpha value is -4.80. The van der Waals surface area contributed by atoms with Crippen molar-refractivity contribution in [3.63, 3.8) is 0 Å². The first-order valence-electron chi connectivity index (χ1n) is 14.4. The third-order valence-electron chi connectivity index (χ3n) is 7.65. The van der Waals surface area contributed by atoms with Gasteiger partial charge in [0.1, 0.15) is 53.4 Å². The van der Waals surface area contributed by atoms with Crippen LogP contribution in [0.2, 0.25) is 0 Å². The Balaban J connectivity index is 0.000000218. The zero-order chi connectivity index (χ0) is 35.3. The Morgan fingerprint density at radius 1 is 1.02 bits per heavy atom. The summed E-state index contributed by atoms with van der Waals surface area (Å²) in [5.41, 5.74) is 6.74. The number of ether oxygens (including phenoxy) is 2. The summed E-state index contributed by atoms with van der Waals surface area (Å²) in [6.07, 6.45) is 6.82. The zero-order valence-corrected chi connectivity index (χ0v) is 27.3. The molecule has 19 heteroatoms. The van der Waals surface area contributed by atoms with Crippen molar-refractivity contribution in [1.82, 2.24) is 20.4 Å². The minimum absolute atomic E-state index is 0.161. The zero-order valence-electron chi connectivity index (χ0n) is 25.7. The number of carboxylic acids is 2. The van der Waals surface area contributed by atoms with Gasteiger partial charge in [-0.2, -0.15) is 5.26 Å². The summed E-state index contributed by atoms with van der Waals surface area (Å²) in [6, 6.07) is -0.779. The SMILES string of the molecule is CC(=O)OCC1=C(C(=O)O)N2C(=O)[C@@H](NC(=O)CC#N)[C@H]2SC1.COC1=C(C(=O)O)N2C(=O)[C@@H](NC(=O)[C@H](N)C3=CCC=CC3)[C@H]2SC1. The van der Waals surface area contributed by atoms with E-state index in [0.717, 1.165) is 21.8 Å². The van der Waals surface area contributed by atoms with Gasteiger partial charge in [-0.1, -0.05) is 18.2 Å². The Morgan fingerprint density at radius 3 is 2.17 bits per heavy atom. The average molecular weight is 705 g/mol. The number of hydrogen-bond donors (Lipinski definition) is 5. The highest BCUT2D eigenvalue weighted by molar-refractivity contribution is 8.00. The molecule has 48 heavy (non-hydrogen) atoms. The van der Waals surface area contributed by atoms with Gasteiger partial charge in [-0.15, -0.1) is 23.5 Å². The molecule has 4 heterocycles. The lowest BCUT2D eigenvalue weighted by Crippen LogP contribution is -2.71. The van der Waals surface area contributed by atoms with Gasteiger partial charge in [0.05, 0.1) is 18.9 Å². The van der Waals surface area contributed by atoms with Gasteiger partial charge in [0.15, 0.2) is 5.70 Å². The summed E-state index contributed by atoms with van der Waals surface area (Å²) in [5, 5.41) is 31.2. The van der Waals surface area contributed by atoms with E-state index in [0.29, 0.717) is 17.7 Å². The van der Waals surface area contributed by atoms with Crippen LogP contribution in [0, 0.1) is 11.3 Å². The highest BCUT2D eigenvalue weighted by atomic mass is 32.2. The molecule has 5 rings (SSSR count). The van der Waals surface area contributed by atoms with E-state index in [1.807, 2.05) is 18.2 Å². The molecule has 0 bridgehead atoms. The Morgan fingerprint density at radius 2 is 1.62 bits per heavy atom. The van der Waals surface area contributed by atoms with E-state index >= 15 is 0 Å². The smallest absolute Gasteiger partial charge is 0.356 e. The average Bonchev–Trinajstić information content (AvgIpc) is 3.07. The van der Waals surface area contributed by atoms with Crippen LogP contribution in [0.25, 0.3) is 0 Å². The molecule has 0 radical (unpaired) electrons. The summed E-state index contributed by atoms with van der Waals surface area (Å²) in [5.74, 6) is -4.31. The van der Waals surface area contributed by atoms with Gasteiger partial charge >= 0.3 is 17.9 Å². The molecule has 0 spiro atoms. The molecule has 256 valence electrons. The number of nitrogens with one attached hydrogen (secondary N) is 2. The van der Waals surface area contributed by atoms with Crippen LogP contribution in [0.15, 0.2) is 46.5 Å². The number of β-lactam (4-membered cyclic amide) rings is 2. The van der Waals surface area contributed by atoms with E-state index in [2.05, 4.69) is 10.6 Å². The topological polar surface area (TPSA) is 259 Å². The lowest BCUT2D eigenvalue weighted by atomic mass is 9.97. The summed E-state index contributed by atoms with van der Waals surface area (Å²) < 4.78 is 9.87. The molecule has 5 atom stereocenters. The molecular weight excluding hydrogens is 672 g/mol. The Kier molecular flexibility index (Phi) is 11.6. The van der Waals surface area contributed by atoms with Crippen molar-refractivity contribution in [3.8, 4) is 6.07 Å². The number of thioether (sulfide) groups is 2. The van der Waals surface area contributed by atoms with E-state index < -0.39 is 70.4 Å². The molecule has 0 aromatic carbocycles. The maximum absolute atomic E-state index is 12.4. The quantitative estimate of drug-likeness (QED) is 0.105. The van der Waals surface area contributed by atoms with Crippen molar-refractivity contribution >= 4 is 65.1 Å². The van der Waals surface area contributed by atoms with Crippen LogP contribution in [0.4, 0.5) is 0 Å². The van der Waals surface area contributed by atoms with Crippen LogP contribution in [-0.4, -0.2) is 116 Å². The fraction of sp³-hybridized carbons (Fsp3) is 0.448. The number of amides is 4. The van der Waals surface area contributed by atoms with Gasteiger partial charge in [-0.3, -0.25) is 33.8 Å². The number of nitrogens with two attached hydrogens (primary N) is 1. The normalized spacial score (nSPS) is 24.6. The number of hydrogen-bond acceptors (Lipinski definition) is 13. The second-order valence-electron chi connectivity index (χ2n) is 10.7. The first-order chi connectivity index (χ1) is 22.8. The molecule has 0 saturated carbocycles.